The number of anilines is 3. The lowest BCUT2D eigenvalue weighted by Gasteiger charge is -2.50. The Morgan fingerprint density at radius 2 is 1.79 bits per heavy atom. The predicted molar refractivity (Wildman–Crippen MR) is 114 cm³/mol. The fourth-order valence-corrected chi connectivity index (χ4v) is 4.30. The van der Waals surface area contributed by atoms with Gasteiger partial charge >= 0.3 is 0 Å². The average Bonchev–Trinajstić information content (AvgIpc) is 2.64. The van der Waals surface area contributed by atoms with Crippen LogP contribution in [0.3, 0.4) is 0 Å². The first-order valence-electron chi connectivity index (χ1n) is 9.92. The maximum atomic E-state index is 5.94. The van der Waals surface area contributed by atoms with Gasteiger partial charge in [0.05, 0.1) is 0 Å². The Labute approximate surface area is 165 Å². The lowest BCUT2D eigenvalue weighted by Crippen LogP contribution is -2.58. The Hall–Kier alpha value is -2.86. The molecule has 2 fully saturated rings. The van der Waals surface area contributed by atoms with Crippen LogP contribution in [0.25, 0.3) is 10.8 Å². The largest absolute Gasteiger partial charge is 0.383 e. The van der Waals surface area contributed by atoms with Gasteiger partial charge in [-0.25, -0.2) is 9.97 Å². The van der Waals surface area contributed by atoms with Crippen molar-refractivity contribution < 1.29 is 0 Å². The molecule has 0 saturated carbocycles. The number of pyridine rings is 2. The van der Waals surface area contributed by atoms with Crippen molar-refractivity contribution >= 4 is 28.1 Å². The van der Waals surface area contributed by atoms with E-state index in [9.17, 15) is 0 Å². The summed E-state index contributed by atoms with van der Waals surface area (Å²) in [6.45, 7) is 5.56. The summed E-state index contributed by atoms with van der Waals surface area (Å²) in [5.74, 6) is 3.38. The van der Waals surface area contributed by atoms with Gasteiger partial charge in [-0.1, -0.05) is 0 Å². The molecule has 2 aliphatic rings. The first kappa shape index (κ1) is 17.3. The van der Waals surface area contributed by atoms with Crippen LogP contribution in [0, 0.1) is 11.8 Å². The lowest BCUT2D eigenvalue weighted by molar-refractivity contribution is 0.0693. The fraction of sp³-hybridized carbons (Fsp3) is 0.364. The molecule has 4 heterocycles. The number of benzene rings is 1. The molecule has 2 aromatic heterocycles. The molecule has 6 heteroatoms. The molecule has 0 aliphatic carbocycles. The van der Waals surface area contributed by atoms with Gasteiger partial charge in [0.25, 0.3) is 0 Å². The van der Waals surface area contributed by atoms with Gasteiger partial charge in [-0.05, 0) is 66.2 Å². The molecule has 0 unspecified atom stereocenters. The van der Waals surface area contributed by atoms with Crippen LogP contribution >= 0.6 is 0 Å². The smallest absolute Gasteiger partial charge is 0.131 e. The normalized spacial score (nSPS) is 18.1. The first-order chi connectivity index (χ1) is 13.7. The highest BCUT2D eigenvalue weighted by Crippen LogP contribution is 2.33. The summed E-state index contributed by atoms with van der Waals surface area (Å²) in [6, 6.07) is 12.5. The van der Waals surface area contributed by atoms with E-state index < -0.39 is 0 Å². The maximum Gasteiger partial charge on any atom is 0.131 e. The van der Waals surface area contributed by atoms with Crippen LogP contribution in [0.1, 0.15) is 5.56 Å². The van der Waals surface area contributed by atoms with Crippen LogP contribution in [0.5, 0.6) is 0 Å². The van der Waals surface area contributed by atoms with Gasteiger partial charge in [0.15, 0.2) is 0 Å². The van der Waals surface area contributed by atoms with Crippen LogP contribution in [-0.4, -0.2) is 48.1 Å². The lowest BCUT2D eigenvalue weighted by atomic mass is 9.81. The molecule has 6 nitrogen and oxygen atoms in total. The minimum Gasteiger partial charge on any atom is -0.383 e. The van der Waals surface area contributed by atoms with Crippen molar-refractivity contribution in [2.24, 2.45) is 11.8 Å². The summed E-state index contributed by atoms with van der Waals surface area (Å²) in [6.07, 6.45) is 3.67. The molecule has 3 N–H and O–H groups in total. The van der Waals surface area contributed by atoms with Crippen molar-refractivity contribution in [2.45, 2.75) is 6.54 Å². The first-order valence-corrected chi connectivity index (χ1v) is 9.92. The molecule has 0 radical (unpaired) electrons. The number of nitrogen functional groups attached to an aromatic ring is 1. The van der Waals surface area contributed by atoms with Gasteiger partial charge < -0.3 is 20.9 Å². The van der Waals surface area contributed by atoms with E-state index in [1.165, 1.54) is 18.7 Å². The third-order valence-corrected chi connectivity index (χ3v) is 6.09. The SMILES string of the molecule is CN1CC(C2CN(c3cc(CNc4ccc5c(N)nccc5c4)ccn3)C2)C1. The van der Waals surface area contributed by atoms with Crippen molar-refractivity contribution in [1.82, 2.24) is 14.9 Å². The number of hydrogen-bond acceptors (Lipinski definition) is 6. The van der Waals surface area contributed by atoms with Crippen LogP contribution in [0.4, 0.5) is 17.3 Å². The Kier molecular flexibility index (Phi) is 4.28. The van der Waals surface area contributed by atoms with E-state index in [1.54, 1.807) is 6.20 Å². The maximum absolute atomic E-state index is 5.94. The number of hydrogen-bond donors (Lipinski definition) is 2. The molecule has 28 heavy (non-hydrogen) atoms. The quantitative estimate of drug-likeness (QED) is 0.716. The molecule has 2 aliphatic heterocycles. The second-order valence-electron chi connectivity index (χ2n) is 8.15. The second-order valence-corrected chi connectivity index (χ2v) is 8.15. The van der Waals surface area contributed by atoms with Gasteiger partial charge in [0.2, 0.25) is 0 Å². The zero-order chi connectivity index (χ0) is 19.1. The zero-order valence-electron chi connectivity index (χ0n) is 16.2. The number of nitrogens with zero attached hydrogens (tertiary/aromatic N) is 4. The second kappa shape index (κ2) is 6.95. The van der Waals surface area contributed by atoms with E-state index in [0.717, 1.165) is 53.7 Å². The van der Waals surface area contributed by atoms with Gasteiger partial charge in [0, 0.05) is 56.2 Å². The minimum absolute atomic E-state index is 0.573. The number of aromatic nitrogens is 2. The highest BCUT2D eigenvalue weighted by molar-refractivity contribution is 5.92. The van der Waals surface area contributed by atoms with Gasteiger partial charge in [-0.2, -0.15) is 0 Å². The summed E-state index contributed by atoms with van der Waals surface area (Å²) in [5.41, 5.74) is 8.26. The van der Waals surface area contributed by atoms with Crippen molar-refractivity contribution in [3.63, 3.8) is 0 Å². The van der Waals surface area contributed by atoms with Crippen LogP contribution in [-0.2, 0) is 6.54 Å². The monoisotopic (exact) mass is 374 g/mol. The van der Waals surface area contributed by atoms with Crippen molar-refractivity contribution in [1.29, 1.82) is 0 Å². The van der Waals surface area contributed by atoms with Crippen LogP contribution in [0.2, 0.25) is 0 Å². The van der Waals surface area contributed by atoms with E-state index in [-0.39, 0.29) is 0 Å². The van der Waals surface area contributed by atoms with Gasteiger partial charge in [-0.15, -0.1) is 0 Å². The predicted octanol–water partition coefficient (Wildman–Crippen LogP) is 2.82. The summed E-state index contributed by atoms with van der Waals surface area (Å²) in [5, 5.41) is 5.60. The van der Waals surface area contributed by atoms with E-state index in [2.05, 4.69) is 56.4 Å². The molecule has 0 atom stereocenters. The van der Waals surface area contributed by atoms with Crippen molar-refractivity contribution in [2.75, 3.05) is 49.2 Å². The van der Waals surface area contributed by atoms with Gasteiger partial charge in [-0.3, -0.25) is 0 Å². The van der Waals surface area contributed by atoms with Crippen LogP contribution in [0.15, 0.2) is 48.8 Å². The summed E-state index contributed by atoms with van der Waals surface area (Å²) < 4.78 is 0. The third-order valence-electron chi connectivity index (χ3n) is 6.09. The molecule has 2 saturated heterocycles. The summed E-state index contributed by atoms with van der Waals surface area (Å²) in [7, 11) is 2.20. The Morgan fingerprint density at radius 1 is 1.00 bits per heavy atom. The van der Waals surface area contributed by atoms with Crippen LogP contribution < -0.4 is 16.0 Å². The molecule has 3 aromatic rings. The third kappa shape index (κ3) is 3.24. The van der Waals surface area contributed by atoms with Crippen molar-refractivity contribution in [3.8, 4) is 0 Å². The van der Waals surface area contributed by atoms with Gasteiger partial charge in [0.1, 0.15) is 11.6 Å². The molecular formula is C22H26N6. The number of nitrogens with one attached hydrogen (secondary N) is 1. The highest BCUT2D eigenvalue weighted by atomic mass is 15.3. The summed E-state index contributed by atoms with van der Waals surface area (Å²) >= 11 is 0. The number of rotatable bonds is 5. The van der Waals surface area contributed by atoms with E-state index in [4.69, 9.17) is 5.73 Å². The number of fused-ring (bicyclic) bond motifs is 1. The Bertz CT molecular complexity index is 991. The molecule has 144 valence electrons. The Balaban J connectivity index is 1.21. The van der Waals surface area contributed by atoms with E-state index >= 15 is 0 Å². The number of nitrogens with two attached hydrogens (primary N) is 1. The molecule has 1 aromatic carbocycles. The topological polar surface area (TPSA) is 70.3 Å². The summed E-state index contributed by atoms with van der Waals surface area (Å²) in [4.78, 5) is 13.5. The Morgan fingerprint density at radius 3 is 2.61 bits per heavy atom. The average molecular weight is 374 g/mol. The fourth-order valence-electron chi connectivity index (χ4n) is 4.30. The molecule has 5 rings (SSSR count). The standard InChI is InChI=1S/C22H26N6/c1-27-11-17(12-27)18-13-28(14-18)21-8-15(4-6-24-21)10-26-19-2-3-20-16(9-19)5-7-25-22(20)23/h2-9,17-18,26H,10-14H2,1H3,(H2,23,25). The molecule has 0 amide bonds. The minimum atomic E-state index is 0.573. The zero-order valence-corrected chi connectivity index (χ0v) is 16.2. The van der Waals surface area contributed by atoms with Crippen molar-refractivity contribution in [3.05, 3.63) is 54.4 Å². The highest BCUT2D eigenvalue weighted by Gasteiger charge is 2.39. The molecule has 0 bridgehead atoms. The molecule has 0 spiro atoms. The van der Waals surface area contributed by atoms with E-state index in [0.29, 0.717) is 5.82 Å². The van der Waals surface area contributed by atoms with E-state index in [1.807, 2.05) is 18.3 Å². The molecular weight excluding hydrogens is 348 g/mol. The number of likely N-dealkylation sites (tertiary alicyclic amines) is 1.